The molecule has 1 aromatic carbocycles. The monoisotopic (exact) mass is 309 g/mol. The van der Waals surface area contributed by atoms with Crippen molar-refractivity contribution in [1.29, 1.82) is 0 Å². The number of carboxylic acids is 1. The number of carbonyl (C=O) groups is 2. The quantitative estimate of drug-likeness (QED) is 0.912. The first-order chi connectivity index (χ1) is 10.2. The minimum absolute atomic E-state index is 0.0171. The van der Waals surface area contributed by atoms with Gasteiger partial charge in [-0.05, 0) is 32.4 Å². The van der Waals surface area contributed by atoms with Crippen LogP contribution in [0.5, 0.6) is 0 Å². The van der Waals surface area contributed by atoms with Gasteiger partial charge in [0.15, 0.2) is 0 Å². The Balaban J connectivity index is 2.22. The van der Waals surface area contributed by atoms with Crippen LogP contribution in [0.1, 0.15) is 32.3 Å². The van der Waals surface area contributed by atoms with E-state index in [1.54, 1.807) is 39.0 Å². The maximum Gasteiger partial charge on any atom is 0.410 e. The summed E-state index contributed by atoms with van der Waals surface area (Å²) in [7, 11) is 0. The van der Waals surface area contributed by atoms with Gasteiger partial charge in [-0.2, -0.15) is 0 Å². The Labute approximate surface area is 128 Å². The number of amides is 1. The van der Waals surface area contributed by atoms with Gasteiger partial charge in [-0.3, -0.25) is 4.79 Å². The zero-order chi connectivity index (χ0) is 16.5. The number of likely N-dealkylation sites (tertiary alicyclic amines) is 1. The van der Waals surface area contributed by atoms with Crippen LogP contribution in [0.3, 0.4) is 0 Å². The Morgan fingerprint density at radius 1 is 1.27 bits per heavy atom. The van der Waals surface area contributed by atoms with Gasteiger partial charge in [0.05, 0.1) is 5.92 Å². The molecule has 1 N–H and O–H groups in total. The summed E-state index contributed by atoms with van der Waals surface area (Å²) < 4.78 is 19.2. The number of hydrogen-bond donors (Lipinski definition) is 1. The van der Waals surface area contributed by atoms with Crippen molar-refractivity contribution in [2.45, 2.75) is 32.3 Å². The predicted molar refractivity (Wildman–Crippen MR) is 78.1 cm³/mol. The molecular formula is C16H20FNO4. The van der Waals surface area contributed by atoms with E-state index in [-0.39, 0.29) is 13.1 Å². The standard InChI is InChI=1S/C16H20FNO4/c1-16(2,3)22-15(21)18-8-11(12(9-18)14(19)20)10-6-4-5-7-13(10)17/h4-7,11-12H,8-9H2,1-3H3,(H,19,20). The Morgan fingerprint density at radius 2 is 1.91 bits per heavy atom. The van der Waals surface area contributed by atoms with Crippen molar-refractivity contribution >= 4 is 12.1 Å². The van der Waals surface area contributed by atoms with E-state index >= 15 is 0 Å². The Morgan fingerprint density at radius 3 is 2.45 bits per heavy atom. The highest BCUT2D eigenvalue weighted by Crippen LogP contribution is 2.34. The van der Waals surface area contributed by atoms with E-state index in [1.165, 1.54) is 11.0 Å². The molecule has 6 heteroatoms. The molecular weight excluding hydrogens is 289 g/mol. The second-order valence-corrected chi connectivity index (χ2v) is 6.46. The zero-order valence-corrected chi connectivity index (χ0v) is 12.9. The smallest absolute Gasteiger partial charge is 0.410 e. The highest BCUT2D eigenvalue weighted by molar-refractivity contribution is 5.76. The van der Waals surface area contributed by atoms with Crippen molar-refractivity contribution in [1.82, 2.24) is 4.90 Å². The third-order valence-corrected chi connectivity index (χ3v) is 3.59. The van der Waals surface area contributed by atoms with Crippen LogP contribution in [0.25, 0.3) is 0 Å². The first-order valence-corrected chi connectivity index (χ1v) is 7.14. The first-order valence-electron chi connectivity index (χ1n) is 7.14. The van der Waals surface area contributed by atoms with Gasteiger partial charge in [-0.25, -0.2) is 9.18 Å². The summed E-state index contributed by atoms with van der Waals surface area (Å²) >= 11 is 0. The summed E-state index contributed by atoms with van der Waals surface area (Å²) in [6.45, 7) is 5.37. The lowest BCUT2D eigenvalue weighted by Gasteiger charge is -2.24. The van der Waals surface area contributed by atoms with Crippen molar-refractivity contribution in [2.75, 3.05) is 13.1 Å². The van der Waals surface area contributed by atoms with Gasteiger partial charge >= 0.3 is 12.1 Å². The van der Waals surface area contributed by atoms with Crippen LogP contribution in [0.4, 0.5) is 9.18 Å². The van der Waals surface area contributed by atoms with Gasteiger partial charge in [-0.15, -0.1) is 0 Å². The number of ether oxygens (including phenoxy) is 1. The lowest BCUT2D eigenvalue weighted by atomic mass is 9.89. The maximum absolute atomic E-state index is 13.9. The van der Waals surface area contributed by atoms with E-state index in [4.69, 9.17) is 4.74 Å². The molecule has 1 aromatic rings. The van der Waals surface area contributed by atoms with Crippen LogP contribution in [-0.2, 0) is 9.53 Å². The molecule has 1 saturated heterocycles. The molecule has 5 nitrogen and oxygen atoms in total. The third-order valence-electron chi connectivity index (χ3n) is 3.59. The molecule has 0 aliphatic carbocycles. The van der Waals surface area contributed by atoms with Crippen molar-refractivity contribution in [2.24, 2.45) is 5.92 Å². The van der Waals surface area contributed by atoms with Gasteiger partial charge in [0.2, 0.25) is 0 Å². The Bertz CT molecular complexity index is 582. The minimum Gasteiger partial charge on any atom is -0.481 e. The molecule has 0 bridgehead atoms. The molecule has 0 aromatic heterocycles. The molecule has 0 radical (unpaired) electrons. The van der Waals surface area contributed by atoms with Gasteiger partial charge in [-0.1, -0.05) is 18.2 Å². The average molecular weight is 309 g/mol. The molecule has 2 rings (SSSR count). The highest BCUT2D eigenvalue weighted by Gasteiger charge is 2.42. The second-order valence-electron chi connectivity index (χ2n) is 6.46. The molecule has 1 heterocycles. The molecule has 22 heavy (non-hydrogen) atoms. The van der Waals surface area contributed by atoms with Gasteiger partial charge in [0.25, 0.3) is 0 Å². The molecule has 1 aliphatic rings. The summed E-state index contributed by atoms with van der Waals surface area (Å²) in [4.78, 5) is 24.9. The van der Waals surface area contributed by atoms with Crippen LogP contribution in [0.2, 0.25) is 0 Å². The van der Waals surface area contributed by atoms with E-state index in [2.05, 4.69) is 0 Å². The fourth-order valence-corrected chi connectivity index (χ4v) is 2.62. The van der Waals surface area contributed by atoms with E-state index in [1.807, 2.05) is 0 Å². The predicted octanol–water partition coefficient (Wildman–Crippen LogP) is 2.86. The Hall–Kier alpha value is -2.11. The number of nitrogens with zero attached hydrogens (tertiary/aromatic N) is 1. The number of carboxylic acid groups (broad SMARTS) is 1. The number of halogens is 1. The van der Waals surface area contributed by atoms with E-state index in [0.29, 0.717) is 5.56 Å². The van der Waals surface area contributed by atoms with E-state index < -0.39 is 35.3 Å². The average Bonchev–Trinajstić information content (AvgIpc) is 2.82. The van der Waals surface area contributed by atoms with Crippen LogP contribution in [0, 0.1) is 11.7 Å². The molecule has 2 unspecified atom stereocenters. The molecule has 1 fully saturated rings. The summed E-state index contributed by atoms with van der Waals surface area (Å²) in [5, 5.41) is 9.37. The van der Waals surface area contributed by atoms with Gasteiger partial charge < -0.3 is 14.7 Å². The summed E-state index contributed by atoms with van der Waals surface area (Å²) in [5.41, 5.74) is -0.340. The molecule has 1 aliphatic heterocycles. The first kappa shape index (κ1) is 16.3. The van der Waals surface area contributed by atoms with Gasteiger partial charge in [0.1, 0.15) is 11.4 Å². The topological polar surface area (TPSA) is 66.8 Å². The summed E-state index contributed by atoms with van der Waals surface area (Å²) in [6, 6.07) is 6.07. The Kier molecular flexibility index (Phi) is 4.39. The van der Waals surface area contributed by atoms with Crippen molar-refractivity contribution in [3.63, 3.8) is 0 Å². The number of benzene rings is 1. The van der Waals surface area contributed by atoms with Crippen LogP contribution < -0.4 is 0 Å². The third kappa shape index (κ3) is 3.55. The van der Waals surface area contributed by atoms with Crippen LogP contribution in [-0.4, -0.2) is 40.8 Å². The fraction of sp³-hybridized carbons (Fsp3) is 0.500. The fourth-order valence-electron chi connectivity index (χ4n) is 2.62. The number of hydrogen-bond acceptors (Lipinski definition) is 3. The summed E-state index contributed by atoms with van der Waals surface area (Å²) in [6.07, 6.45) is -0.572. The largest absolute Gasteiger partial charge is 0.481 e. The molecule has 2 atom stereocenters. The van der Waals surface area contributed by atoms with Crippen molar-refractivity contribution in [3.05, 3.63) is 35.6 Å². The normalized spacial score (nSPS) is 21.7. The lowest BCUT2D eigenvalue weighted by Crippen LogP contribution is -2.35. The molecule has 120 valence electrons. The molecule has 0 saturated carbocycles. The lowest BCUT2D eigenvalue weighted by molar-refractivity contribution is -0.141. The number of aliphatic carboxylic acids is 1. The second kappa shape index (κ2) is 5.94. The molecule has 0 spiro atoms. The maximum atomic E-state index is 13.9. The SMILES string of the molecule is CC(C)(C)OC(=O)N1CC(C(=O)O)C(c2ccccc2F)C1. The van der Waals surface area contributed by atoms with Gasteiger partial charge in [0, 0.05) is 19.0 Å². The van der Waals surface area contributed by atoms with Crippen molar-refractivity contribution < 1.29 is 23.8 Å². The van der Waals surface area contributed by atoms with Crippen LogP contribution >= 0.6 is 0 Å². The van der Waals surface area contributed by atoms with E-state index in [9.17, 15) is 19.1 Å². The van der Waals surface area contributed by atoms with E-state index in [0.717, 1.165) is 0 Å². The number of rotatable bonds is 2. The minimum atomic E-state index is -1.04. The van der Waals surface area contributed by atoms with Crippen molar-refractivity contribution in [3.8, 4) is 0 Å². The van der Waals surface area contributed by atoms with Crippen LogP contribution in [0.15, 0.2) is 24.3 Å². The highest BCUT2D eigenvalue weighted by atomic mass is 19.1. The zero-order valence-electron chi connectivity index (χ0n) is 12.9. The molecule has 1 amide bonds. The number of carbonyl (C=O) groups excluding carboxylic acids is 1. The summed E-state index contributed by atoms with van der Waals surface area (Å²) in [5.74, 6) is -2.92.